The molecule has 1 aromatic carbocycles. The van der Waals surface area contributed by atoms with Crippen molar-refractivity contribution in [1.82, 2.24) is 15.0 Å². The monoisotopic (exact) mass is 385 g/mol. The van der Waals surface area contributed by atoms with Crippen LogP contribution in [0.25, 0.3) is 11.4 Å². The molecule has 28 heavy (non-hydrogen) atoms. The third-order valence-electron chi connectivity index (χ3n) is 5.46. The van der Waals surface area contributed by atoms with E-state index in [1.54, 1.807) is 7.11 Å². The summed E-state index contributed by atoms with van der Waals surface area (Å²) in [7, 11) is 1.64. The second kappa shape index (κ2) is 10.2. The molecule has 2 aromatic rings. The van der Waals surface area contributed by atoms with E-state index in [9.17, 15) is 4.79 Å². The van der Waals surface area contributed by atoms with Crippen molar-refractivity contribution in [3.63, 3.8) is 0 Å². The molecule has 1 fully saturated rings. The van der Waals surface area contributed by atoms with E-state index in [0.717, 1.165) is 50.1 Å². The average molecular weight is 386 g/mol. The first-order valence-corrected chi connectivity index (χ1v) is 10.5. The number of carbonyl (C=O) groups excluding carboxylic acids is 1. The smallest absolute Gasteiger partial charge is 0.230 e. The lowest BCUT2D eigenvalue weighted by Gasteiger charge is -2.30. The highest BCUT2D eigenvalue weighted by Gasteiger charge is 2.27. The molecule has 0 radical (unpaired) electrons. The first-order chi connectivity index (χ1) is 13.7. The van der Waals surface area contributed by atoms with Crippen LogP contribution in [0.2, 0.25) is 0 Å². The van der Waals surface area contributed by atoms with Gasteiger partial charge in [0.2, 0.25) is 17.6 Å². The largest absolute Gasteiger partial charge is 0.497 e. The van der Waals surface area contributed by atoms with Crippen LogP contribution < -0.4 is 4.74 Å². The number of piperidine rings is 1. The number of hydrogen-bond acceptors (Lipinski definition) is 5. The molecule has 2 heterocycles. The molecule has 6 heteroatoms. The molecule has 1 aliphatic rings. The van der Waals surface area contributed by atoms with Crippen LogP contribution >= 0.6 is 0 Å². The van der Waals surface area contributed by atoms with Gasteiger partial charge in [0.05, 0.1) is 7.11 Å². The van der Waals surface area contributed by atoms with Crippen molar-refractivity contribution in [3.8, 4) is 17.1 Å². The average Bonchev–Trinajstić information content (AvgIpc) is 3.24. The van der Waals surface area contributed by atoms with Crippen LogP contribution in [0.5, 0.6) is 5.75 Å². The van der Waals surface area contributed by atoms with E-state index in [4.69, 9.17) is 9.26 Å². The fraction of sp³-hybridized carbons (Fsp3) is 0.591. The number of methoxy groups -OCH3 is 1. The Labute approximate surface area is 167 Å². The van der Waals surface area contributed by atoms with Gasteiger partial charge in [-0.1, -0.05) is 49.9 Å². The number of aromatic nitrogens is 2. The van der Waals surface area contributed by atoms with E-state index in [1.807, 2.05) is 29.2 Å². The van der Waals surface area contributed by atoms with Crippen molar-refractivity contribution in [2.24, 2.45) is 0 Å². The Morgan fingerprint density at radius 1 is 1.21 bits per heavy atom. The predicted octanol–water partition coefficient (Wildman–Crippen LogP) is 4.81. The number of likely N-dealkylation sites (tertiary alicyclic amines) is 1. The third kappa shape index (κ3) is 5.33. The minimum absolute atomic E-state index is 0.223. The lowest BCUT2D eigenvalue weighted by Crippen LogP contribution is -2.37. The number of ether oxygens (including phenoxy) is 1. The van der Waals surface area contributed by atoms with Crippen molar-refractivity contribution in [2.75, 3.05) is 20.2 Å². The van der Waals surface area contributed by atoms with E-state index in [1.165, 1.54) is 19.3 Å². The summed E-state index contributed by atoms with van der Waals surface area (Å²) in [4.78, 5) is 19.0. The molecule has 0 bridgehead atoms. The number of unbranched alkanes of at least 4 members (excludes halogenated alkanes) is 4. The normalized spacial score (nSPS) is 15.0. The Hall–Kier alpha value is -2.37. The first-order valence-electron chi connectivity index (χ1n) is 10.5. The maximum absolute atomic E-state index is 12.4. The molecule has 0 spiro atoms. The Kier molecular flexibility index (Phi) is 7.46. The van der Waals surface area contributed by atoms with Gasteiger partial charge in [0.25, 0.3) is 0 Å². The SMILES string of the molecule is CCCCCCCC(=O)N1CCC(c2nc(-c3cccc(OC)c3)no2)CC1. The van der Waals surface area contributed by atoms with Gasteiger partial charge in [0.1, 0.15) is 5.75 Å². The number of benzene rings is 1. The van der Waals surface area contributed by atoms with Crippen molar-refractivity contribution in [1.29, 1.82) is 0 Å². The molecule has 6 nitrogen and oxygen atoms in total. The molecular formula is C22H31N3O3. The van der Waals surface area contributed by atoms with E-state index >= 15 is 0 Å². The molecule has 0 saturated carbocycles. The van der Waals surface area contributed by atoms with Gasteiger partial charge in [-0.25, -0.2) is 0 Å². The quantitative estimate of drug-likeness (QED) is 0.579. The summed E-state index contributed by atoms with van der Waals surface area (Å²) in [5.41, 5.74) is 0.880. The Balaban J connectivity index is 1.48. The third-order valence-corrected chi connectivity index (χ3v) is 5.46. The Morgan fingerprint density at radius 3 is 2.75 bits per heavy atom. The predicted molar refractivity (Wildman–Crippen MR) is 108 cm³/mol. The number of amides is 1. The van der Waals surface area contributed by atoms with Gasteiger partial charge in [0.15, 0.2) is 0 Å². The van der Waals surface area contributed by atoms with Crippen molar-refractivity contribution in [2.45, 2.75) is 64.2 Å². The van der Waals surface area contributed by atoms with Crippen LogP contribution in [-0.2, 0) is 4.79 Å². The second-order valence-corrected chi connectivity index (χ2v) is 7.51. The molecule has 0 N–H and O–H groups in total. The molecular weight excluding hydrogens is 354 g/mol. The number of rotatable bonds is 9. The molecule has 0 atom stereocenters. The van der Waals surface area contributed by atoms with Gasteiger partial charge in [-0.05, 0) is 31.4 Å². The van der Waals surface area contributed by atoms with Crippen molar-refractivity contribution >= 4 is 5.91 Å². The van der Waals surface area contributed by atoms with Crippen LogP contribution in [0.3, 0.4) is 0 Å². The second-order valence-electron chi connectivity index (χ2n) is 7.51. The number of nitrogens with zero attached hydrogens (tertiary/aromatic N) is 3. The van der Waals surface area contributed by atoms with E-state index in [2.05, 4.69) is 17.1 Å². The lowest BCUT2D eigenvalue weighted by molar-refractivity contribution is -0.132. The molecule has 1 amide bonds. The van der Waals surface area contributed by atoms with Crippen LogP contribution in [0, 0.1) is 0 Å². The van der Waals surface area contributed by atoms with Crippen LogP contribution in [-0.4, -0.2) is 41.1 Å². The molecule has 1 saturated heterocycles. The van der Waals surface area contributed by atoms with E-state index in [-0.39, 0.29) is 11.8 Å². The Bertz CT molecular complexity index is 751. The summed E-state index contributed by atoms with van der Waals surface area (Å²) < 4.78 is 10.8. The molecule has 3 rings (SSSR count). The molecule has 152 valence electrons. The van der Waals surface area contributed by atoms with Gasteiger partial charge in [-0.3, -0.25) is 4.79 Å². The molecule has 1 aromatic heterocycles. The van der Waals surface area contributed by atoms with Crippen molar-refractivity contribution in [3.05, 3.63) is 30.2 Å². The topological polar surface area (TPSA) is 68.5 Å². The first kappa shape index (κ1) is 20.4. The maximum Gasteiger partial charge on any atom is 0.230 e. The van der Waals surface area contributed by atoms with Gasteiger partial charge in [-0.15, -0.1) is 0 Å². The maximum atomic E-state index is 12.4. The van der Waals surface area contributed by atoms with Gasteiger partial charge in [-0.2, -0.15) is 4.98 Å². The minimum atomic E-state index is 0.223. The molecule has 0 unspecified atom stereocenters. The summed E-state index contributed by atoms with van der Waals surface area (Å²) in [5, 5.41) is 4.13. The van der Waals surface area contributed by atoms with Crippen molar-refractivity contribution < 1.29 is 14.1 Å². The standard InChI is InChI=1S/C22H31N3O3/c1-3-4-5-6-7-11-20(26)25-14-12-17(13-15-25)22-23-21(24-28-22)18-9-8-10-19(16-18)27-2/h8-10,16-17H,3-7,11-15H2,1-2H3. The summed E-state index contributed by atoms with van der Waals surface area (Å²) >= 11 is 0. The van der Waals surface area contributed by atoms with Gasteiger partial charge in [0, 0.05) is 31.0 Å². The highest BCUT2D eigenvalue weighted by Crippen LogP contribution is 2.29. The number of carbonyl (C=O) groups is 1. The van der Waals surface area contributed by atoms with Crippen LogP contribution in [0.4, 0.5) is 0 Å². The van der Waals surface area contributed by atoms with E-state index in [0.29, 0.717) is 18.1 Å². The summed E-state index contributed by atoms with van der Waals surface area (Å²) in [6.07, 6.45) is 8.33. The summed E-state index contributed by atoms with van der Waals surface area (Å²) in [6.45, 7) is 3.75. The minimum Gasteiger partial charge on any atom is -0.497 e. The van der Waals surface area contributed by atoms with E-state index < -0.39 is 0 Å². The summed E-state index contributed by atoms with van der Waals surface area (Å²) in [5.74, 6) is 2.53. The van der Waals surface area contributed by atoms with Crippen LogP contribution in [0.15, 0.2) is 28.8 Å². The summed E-state index contributed by atoms with van der Waals surface area (Å²) in [6, 6.07) is 7.65. The zero-order valence-corrected chi connectivity index (χ0v) is 17.0. The Morgan fingerprint density at radius 2 is 2.00 bits per heavy atom. The molecule has 1 aliphatic heterocycles. The molecule has 0 aliphatic carbocycles. The van der Waals surface area contributed by atoms with Crippen LogP contribution in [0.1, 0.15) is 70.1 Å². The fourth-order valence-corrected chi connectivity index (χ4v) is 3.69. The van der Waals surface area contributed by atoms with Gasteiger partial charge >= 0.3 is 0 Å². The fourth-order valence-electron chi connectivity index (χ4n) is 3.69. The van der Waals surface area contributed by atoms with Gasteiger partial charge < -0.3 is 14.2 Å². The number of hydrogen-bond donors (Lipinski definition) is 0. The lowest BCUT2D eigenvalue weighted by atomic mass is 9.96. The zero-order chi connectivity index (χ0) is 19.8. The zero-order valence-electron chi connectivity index (χ0n) is 17.0. The highest BCUT2D eigenvalue weighted by molar-refractivity contribution is 5.76. The highest BCUT2D eigenvalue weighted by atomic mass is 16.5.